The van der Waals surface area contributed by atoms with Crippen molar-refractivity contribution >= 4 is 33.4 Å². The van der Waals surface area contributed by atoms with Crippen LogP contribution < -0.4 is 0 Å². The van der Waals surface area contributed by atoms with Crippen LogP contribution in [0.4, 0.5) is 0 Å². The second-order valence-corrected chi connectivity index (χ2v) is 5.04. The molecule has 14 heavy (non-hydrogen) atoms. The highest BCUT2D eigenvalue weighted by Gasteiger charge is 2.03. The Morgan fingerprint density at radius 1 is 1.07 bits per heavy atom. The minimum absolute atomic E-state index is 0.605. The third-order valence-corrected chi connectivity index (χ3v) is 3.39. The first-order valence-corrected chi connectivity index (χ1v) is 5.94. The summed E-state index contributed by atoms with van der Waals surface area (Å²) in [6, 6.07) is 13.1. The molecule has 0 aliphatic heterocycles. The minimum atomic E-state index is 0.605. The highest BCUT2D eigenvalue weighted by molar-refractivity contribution is 14.1. The van der Waals surface area contributed by atoms with Gasteiger partial charge in [0, 0.05) is 3.57 Å². The van der Waals surface area contributed by atoms with Crippen LogP contribution >= 0.6 is 22.6 Å². The summed E-state index contributed by atoms with van der Waals surface area (Å²) in [4.78, 5) is 0. The van der Waals surface area contributed by atoms with Crippen molar-refractivity contribution in [2.45, 2.75) is 19.8 Å². The number of hydrogen-bond acceptors (Lipinski definition) is 0. The Bertz CT molecular complexity index is 458. The SMILES string of the molecule is CC(C)c1cc(I)c2ccccc2c1. The number of hydrogen-bond donors (Lipinski definition) is 0. The van der Waals surface area contributed by atoms with Gasteiger partial charge < -0.3 is 0 Å². The van der Waals surface area contributed by atoms with E-state index in [9.17, 15) is 0 Å². The van der Waals surface area contributed by atoms with Gasteiger partial charge in [0.15, 0.2) is 0 Å². The topological polar surface area (TPSA) is 0 Å². The van der Waals surface area contributed by atoms with Crippen LogP contribution in [0.25, 0.3) is 10.8 Å². The van der Waals surface area contributed by atoms with E-state index in [1.807, 2.05) is 0 Å². The second kappa shape index (κ2) is 3.89. The van der Waals surface area contributed by atoms with Gasteiger partial charge in [0.1, 0.15) is 0 Å². The van der Waals surface area contributed by atoms with Gasteiger partial charge in [-0.05, 0) is 50.9 Å². The first-order chi connectivity index (χ1) is 6.68. The molecule has 0 unspecified atom stereocenters. The summed E-state index contributed by atoms with van der Waals surface area (Å²) in [5.41, 5.74) is 1.42. The molecule has 0 nitrogen and oxygen atoms in total. The molecule has 2 aromatic rings. The van der Waals surface area contributed by atoms with Gasteiger partial charge in [-0.3, -0.25) is 0 Å². The van der Waals surface area contributed by atoms with Crippen molar-refractivity contribution < 1.29 is 0 Å². The van der Waals surface area contributed by atoms with Crippen LogP contribution in [0.5, 0.6) is 0 Å². The first kappa shape index (κ1) is 9.97. The van der Waals surface area contributed by atoms with E-state index < -0.39 is 0 Å². The first-order valence-electron chi connectivity index (χ1n) is 4.86. The largest absolute Gasteiger partial charge is 0.0616 e. The van der Waals surface area contributed by atoms with Gasteiger partial charge in [0.2, 0.25) is 0 Å². The van der Waals surface area contributed by atoms with Gasteiger partial charge in [-0.25, -0.2) is 0 Å². The van der Waals surface area contributed by atoms with Crippen LogP contribution in [0.3, 0.4) is 0 Å². The van der Waals surface area contributed by atoms with E-state index in [1.54, 1.807) is 0 Å². The molecule has 1 heteroatoms. The molecule has 0 aliphatic rings. The van der Waals surface area contributed by atoms with Crippen molar-refractivity contribution in [2.75, 3.05) is 0 Å². The summed E-state index contributed by atoms with van der Waals surface area (Å²) in [6.45, 7) is 4.47. The Morgan fingerprint density at radius 2 is 1.79 bits per heavy atom. The minimum Gasteiger partial charge on any atom is -0.0616 e. The second-order valence-electron chi connectivity index (χ2n) is 3.88. The lowest BCUT2D eigenvalue weighted by Gasteiger charge is -2.08. The fraction of sp³-hybridized carbons (Fsp3) is 0.231. The molecule has 0 aliphatic carbocycles. The van der Waals surface area contributed by atoms with Crippen molar-refractivity contribution in [1.29, 1.82) is 0 Å². The lowest BCUT2D eigenvalue weighted by Crippen LogP contribution is -1.89. The van der Waals surface area contributed by atoms with E-state index in [4.69, 9.17) is 0 Å². The Kier molecular flexibility index (Phi) is 2.77. The maximum Gasteiger partial charge on any atom is 0.0211 e. The molecule has 2 rings (SSSR count). The molecule has 0 fully saturated rings. The van der Waals surface area contributed by atoms with E-state index in [0.717, 1.165) is 0 Å². The van der Waals surface area contributed by atoms with Crippen LogP contribution in [0.15, 0.2) is 36.4 Å². The summed E-state index contributed by atoms with van der Waals surface area (Å²) < 4.78 is 1.35. The van der Waals surface area contributed by atoms with E-state index in [0.29, 0.717) is 5.92 Å². The van der Waals surface area contributed by atoms with Crippen LogP contribution in [0, 0.1) is 3.57 Å². The Balaban J connectivity index is 2.72. The third kappa shape index (κ3) is 1.78. The monoisotopic (exact) mass is 296 g/mol. The predicted octanol–water partition coefficient (Wildman–Crippen LogP) is 4.57. The summed E-state index contributed by atoms with van der Waals surface area (Å²) in [7, 11) is 0. The number of fused-ring (bicyclic) bond motifs is 1. The van der Waals surface area contributed by atoms with Crippen molar-refractivity contribution in [3.8, 4) is 0 Å². The Morgan fingerprint density at radius 3 is 2.50 bits per heavy atom. The summed E-state index contributed by atoms with van der Waals surface area (Å²) in [5, 5.41) is 2.71. The normalized spacial score (nSPS) is 11.1. The average Bonchev–Trinajstić information content (AvgIpc) is 2.17. The summed E-state index contributed by atoms with van der Waals surface area (Å²) in [5.74, 6) is 0.605. The molecule has 0 amide bonds. The fourth-order valence-electron chi connectivity index (χ4n) is 1.62. The van der Waals surface area contributed by atoms with Crippen molar-refractivity contribution in [3.05, 3.63) is 45.5 Å². The van der Waals surface area contributed by atoms with E-state index in [1.165, 1.54) is 19.9 Å². The lowest BCUT2D eigenvalue weighted by atomic mass is 9.99. The molecule has 0 N–H and O–H groups in total. The van der Waals surface area contributed by atoms with Crippen LogP contribution in [0.2, 0.25) is 0 Å². The number of halogens is 1. The number of benzene rings is 2. The van der Waals surface area contributed by atoms with Crippen molar-refractivity contribution in [2.24, 2.45) is 0 Å². The van der Waals surface area contributed by atoms with Gasteiger partial charge in [0.05, 0.1) is 0 Å². The van der Waals surface area contributed by atoms with Gasteiger partial charge >= 0.3 is 0 Å². The molecule has 0 spiro atoms. The average molecular weight is 296 g/mol. The van der Waals surface area contributed by atoms with Crippen LogP contribution in [-0.4, -0.2) is 0 Å². The van der Waals surface area contributed by atoms with E-state index >= 15 is 0 Å². The predicted molar refractivity (Wildman–Crippen MR) is 70.8 cm³/mol. The molecule has 0 aromatic heterocycles. The molecule has 0 radical (unpaired) electrons. The maximum absolute atomic E-state index is 2.42. The lowest BCUT2D eigenvalue weighted by molar-refractivity contribution is 0.868. The molecule has 0 bridgehead atoms. The summed E-state index contributed by atoms with van der Waals surface area (Å²) in [6.07, 6.45) is 0. The fourth-order valence-corrected chi connectivity index (χ4v) is 2.47. The summed E-state index contributed by atoms with van der Waals surface area (Å²) >= 11 is 2.42. The van der Waals surface area contributed by atoms with Gasteiger partial charge in [-0.1, -0.05) is 44.2 Å². The quantitative estimate of drug-likeness (QED) is 0.676. The zero-order valence-corrected chi connectivity index (χ0v) is 10.6. The van der Waals surface area contributed by atoms with Crippen molar-refractivity contribution in [3.63, 3.8) is 0 Å². The van der Waals surface area contributed by atoms with E-state index in [-0.39, 0.29) is 0 Å². The molecule has 0 heterocycles. The Labute approximate surface area is 98.5 Å². The van der Waals surface area contributed by atoms with Crippen molar-refractivity contribution in [1.82, 2.24) is 0 Å². The molecule has 0 saturated carbocycles. The molecule has 0 atom stereocenters. The van der Waals surface area contributed by atoms with E-state index in [2.05, 4.69) is 72.8 Å². The highest BCUT2D eigenvalue weighted by Crippen LogP contribution is 2.26. The standard InChI is InChI=1S/C13H13I/c1-9(2)11-7-10-5-3-4-6-12(10)13(14)8-11/h3-9H,1-2H3. The molecular weight excluding hydrogens is 283 g/mol. The molecule has 0 saturated heterocycles. The zero-order valence-electron chi connectivity index (χ0n) is 8.42. The highest BCUT2D eigenvalue weighted by atomic mass is 127. The molecule has 72 valence electrons. The smallest absolute Gasteiger partial charge is 0.0211 e. The third-order valence-electron chi connectivity index (χ3n) is 2.50. The Hall–Kier alpha value is -0.570. The maximum atomic E-state index is 2.42. The van der Waals surface area contributed by atoms with Crippen LogP contribution in [-0.2, 0) is 0 Å². The van der Waals surface area contributed by atoms with Gasteiger partial charge in [0.25, 0.3) is 0 Å². The van der Waals surface area contributed by atoms with Gasteiger partial charge in [-0.2, -0.15) is 0 Å². The molecule has 2 aromatic carbocycles. The van der Waals surface area contributed by atoms with Gasteiger partial charge in [-0.15, -0.1) is 0 Å². The molecular formula is C13H13I. The van der Waals surface area contributed by atoms with Crippen LogP contribution in [0.1, 0.15) is 25.3 Å². The zero-order chi connectivity index (χ0) is 10.1. The number of rotatable bonds is 1.